The van der Waals surface area contributed by atoms with Crippen molar-refractivity contribution in [1.82, 2.24) is 39.8 Å². The first-order valence-corrected chi connectivity index (χ1v) is 16.6. The van der Waals surface area contributed by atoms with E-state index in [0.717, 1.165) is 91.4 Å². The Morgan fingerprint density at radius 1 is 1.09 bits per heavy atom. The van der Waals surface area contributed by atoms with E-state index in [1.165, 1.54) is 0 Å². The van der Waals surface area contributed by atoms with Crippen molar-refractivity contribution in [3.63, 3.8) is 0 Å². The van der Waals surface area contributed by atoms with Crippen LogP contribution in [-0.2, 0) is 13.0 Å². The van der Waals surface area contributed by atoms with Crippen molar-refractivity contribution in [3.05, 3.63) is 53.4 Å². The summed E-state index contributed by atoms with van der Waals surface area (Å²) >= 11 is 0. The molecule has 3 atom stereocenters. The van der Waals surface area contributed by atoms with Crippen LogP contribution >= 0.6 is 0 Å². The fourth-order valence-corrected chi connectivity index (χ4v) is 8.56. The van der Waals surface area contributed by atoms with Gasteiger partial charge in [0.15, 0.2) is 5.82 Å². The summed E-state index contributed by atoms with van der Waals surface area (Å²) in [7, 11) is 0. The van der Waals surface area contributed by atoms with Crippen molar-refractivity contribution in [2.24, 2.45) is 0 Å². The predicted molar refractivity (Wildman–Crippen MR) is 170 cm³/mol. The van der Waals surface area contributed by atoms with Crippen LogP contribution in [0.15, 0.2) is 30.7 Å². The first kappa shape index (κ1) is 28.1. The van der Waals surface area contributed by atoms with Gasteiger partial charge in [-0.3, -0.25) is 19.7 Å². The van der Waals surface area contributed by atoms with E-state index >= 15 is 4.39 Å². The number of fused-ring (bicyclic) bond motifs is 5. The van der Waals surface area contributed by atoms with Gasteiger partial charge >= 0.3 is 6.01 Å². The molecule has 10 rings (SSSR count). The Kier molecular flexibility index (Phi) is 6.52. The Hall–Kier alpha value is -4.19. The lowest BCUT2D eigenvalue weighted by atomic mass is 9.92. The number of rotatable bonds is 3. The number of H-pyrrole nitrogens is 1. The van der Waals surface area contributed by atoms with Crippen molar-refractivity contribution in [1.29, 1.82) is 0 Å². The number of benzene rings is 1. The van der Waals surface area contributed by atoms with Crippen LogP contribution in [0.5, 0.6) is 6.01 Å². The van der Waals surface area contributed by atoms with E-state index < -0.39 is 12.0 Å². The molecule has 0 amide bonds. The predicted octanol–water partition coefficient (Wildman–Crippen LogP) is 5.50. The molecule has 5 aliphatic heterocycles. The van der Waals surface area contributed by atoms with E-state index in [4.69, 9.17) is 24.8 Å². The van der Waals surface area contributed by atoms with Gasteiger partial charge in [-0.1, -0.05) is 0 Å². The number of ether oxygens (including phenoxy) is 1. The number of aryl methyl sites for hydroxylation is 2. The summed E-state index contributed by atoms with van der Waals surface area (Å²) in [5.41, 5.74) is 4.78. The Morgan fingerprint density at radius 3 is 2.96 bits per heavy atom. The highest BCUT2D eigenvalue weighted by molar-refractivity contribution is 5.99. The van der Waals surface area contributed by atoms with Crippen LogP contribution < -0.4 is 9.64 Å². The van der Waals surface area contributed by atoms with Crippen LogP contribution in [0.4, 0.5) is 14.6 Å². The van der Waals surface area contributed by atoms with Crippen molar-refractivity contribution >= 4 is 27.6 Å². The van der Waals surface area contributed by atoms with Crippen LogP contribution in [0.3, 0.4) is 0 Å². The van der Waals surface area contributed by atoms with Gasteiger partial charge in [-0.15, -0.1) is 0 Å². The van der Waals surface area contributed by atoms with E-state index in [1.54, 1.807) is 12.4 Å². The summed E-state index contributed by atoms with van der Waals surface area (Å²) in [6.45, 7) is 5.86. The zero-order chi connectivity index (χ0) is 31.0. The number of pyridine rings is 1. The van der Waals surface area contributed by atoms with Crippen molar-refractivity contribution in [2.75, 3.05) is 37.7 Å². The molecule has 5 aliphatic rings. The van der Waals surface area contributed by atoms with Gasteiger partial charge in [0.2, 0.25) is 0 Å². The topological polar surface area (TPSA) is 101 Å². The van der Waals surface area contributed by atoms with Gasteiger partial charge in [-0.05, 0) is 75.3 Å². The van der Waals surface area contributed by atoms with Crippen LogP contribution in [0, 0.1) is 12.7 Å². The number of aromatic amines is 1. The van der Waals surface area contributed by atoms with Crippen molar-refractivity contribution in [2.45, 2.75) is 76.0 Å². The standard InChI is InChI=1S/C34H37F2N9O/c1-20-13-27-24(16-38-41-27)28-23(20)6-3-11-45-12-7-26(42-45)21-5-2-9-43(17-21)32-25-15-37-31(28)29(36)30(25)39-33(40-32)46-19-34-8-4-10-44(34)18-22(35)14-34/h7,12-13,15-16,21-22H,2-6,8-11,14,17-19H2,1H3,(H,38,41)/t21?,22-,34+/m1/s1. The van der Waals surface area contributed by atoms with Crippen LogP contribution in [0.2, 0.25) is 0 Å². The second kappa shape index (κ2) is 10.7. The molecule has 46 heavy (non-hydrogen) atoms. The minimum Gasteiger partial charge on any atom is -0.461 e. The smallest absolute Gasteiger partial charge is 0.319 e. The molecule has 1 unspecified atom stereocenters. The number of aromatic nitrogens is 7. The van der Waals surface area contributed by atoms with Gasteiger partial charge in [-0.25, -0.2) is 8.78 Å². The molecule has 1 aromatic carbocycles. The number of hydrogen-bond donors (Lipinski definition) is 1. The molecule has 1 N–H and O–H groups in total. The van der Waals surface area contributed by atoms with Gasteiger partial charge in [0.25, 0.3) is 0 Å². The van der Waals surface area contributed by atoms with Gasteiger partial charge < -0.3 is 9.64 Å². The van der Waals surface area contributed by atoms with Crippen LogP contribution in [0.25, 0.3) is 33.1 Å². The number of nitrogens with zero attached hydrogens (tertiary/aromatic N) is 8. The summed E-state index contributed by atoms with van der Waals surface area (Å²) in [5, 5.41) is 13.7. The van der Waals surface area contributed by atoms with Crippen LogP contribution in [0.1, 0.15) is 61.3 Å². The average Bonchev–Trinajstić information content (AvgIpc) is 3.85. The molecule has 12 heteroatoms. The number of anilines is 1. The van der Waals surface area contributed by atoms with E-state index in [0.29, 0.717) is 30.7 Å². The number of hydrogen-bond acceptors (Lipinski definition) is 8. The normalized spacial score (nSPS) is 24.7. The zero-order valence-electron chi connectivity index (χ0n) is 26.0. The lowest BCUT2D eigenvalue weighted by Crippen LogP contribution is -2.43. The highest BCUT2D eigenvalue weighted by Gasteiger charge is 2.49. The average molecular weight is 626 g/mol. The van der Waals surface area contributed by atoms with Crippen LogP contribution in [-0.4, -0.2) is 84.3 Å². The molecule has 5 aromatic rings. The first-order chi connectivity index (χ1) is 22.5. The van der Waals surface area contributed by atoms with Gasteiger partial charge in [0.1, 0.15) is 29.8 Å². The Balaban J connectivity index is 1.23. The Labute approximate surface area is 265 Å². The lowest BCUT2D eigenvalue weighted by Gasteiger charge is -2.34. The van der Waals surface area contributed by atoms with Gasteiger partial charge in [0, 0.05) is 61.9 Å². The molecule has 0 spiro atoms. The molecular weight excluding hydrogens is 588 g/mol. The molecule has 4 aromatic heterocycles. The third-order valence-corrected chi connectivity index (χ3v) is 10.8. The SMILES string of the molecule is Cc1cc2[nH]ncc2c2c1CCCn1ccc(n1)C1CCCN(C1)c1nc(OC[C@@]34CCCN3C[C@H](F)C4)nc3c(F)c-2ncc13. The second-order valence-electron chi connectivity index (χ2n) is 13.6. The molecule has 10 nitrogen and oxygen atoms in total. The third kappa shape index (κ3) is 4.47. The highest BCUT2D eigenvalue weighted by Crippen LogP contribution is 2.42. The number of piperidine rings is 1. The maximum absolute atomic E-state index is 17.1. The van der Waals surface area contributed by atoms with E-state index in [9.17, 15) is 4.39 Å². The lowest BCUT2D eigenvalue weighted by molar-refractivity contribution is 0.107. The van der Waals surface area contributed by atoms with Crippen molar-refractivity contribution in [3.8, 4) is 17.3 Å². The molecular formula is C34H37F2N9O. The van der Waals surface area contributed by atoms with Crippen molar-refractivity contribution < 1.29 is 13.5 Å². The molecule has 238 valence electrons. The monoisotopic (exact) mass is 625 g/mol. The summed E-state index contributed by atoms with van der Waals surface area (Å²) in [6.07, 6.45) is 10.5. The molecule has 3 fully saturated rings. The molecule has 8 bridgehead atoms. The minimum absolute atomic E-state index is 0.118. The summed E-state index contributed by atoms with van der Waals surface area (Å²) in [6, 6.07) is 4.32. The fourth-order valence-electron chi connectivity index (χ4n) is 8.56. The third-order valence-electron chi connectivity index (χ3n) is 10.8. The highest BCUT2D eigenvalue weighted by atomic mass is 19.1. The number of alkyl halides is 1. The molecule has 0 radical (unpaired) electrons. The van der Waals surface area contributed by atoms with Gasteiger partial charge in [-0.2, -0.15) is 20.2 Å². The van der Waals surface area contributed by atoms with E-state index in [2.05, 4.69) is 45.3 Å². The maximum atomic E-state index is 17.1. The molecule has 0 aliphatic carbocycles. The second-order valence-corrected chi connectivity index (χ2v) is 13.6. The summed E-state index contributed by atoms with van der Waals surface area (Å²) < 4.78 is 40.0. The zero-order valence-corrected chi connectivity index (χ0v) is 26.0. The molecule has 0 saturated carbocycles. The fraction of sp³-hybridized carbons (Fsp3) is 0.500. The first-order valence-electron chi connectivity index (χ1n) is 16.6. The molecule has 3 saturated heterocycles. The number of nitrogens with one attached hydrogen (secondary N) is 1. The number of halogens is 2. The Bertz CT molecular complexity index is 1970. The van der Waals surface area contributed by atoms with E-state index in [1.807, 2.05) is 4.68 Å². The molecule has 9 heterocycles. The largest absolute Gasteiger partial charge is 0.461 e. The Morgan fingerprint density at radius 2 is 2.02 bits per heavy atom. The van der Waals surface area contributed by atoms with Gasteiger partial charge in [0.05, 0.1) is 28.3 Å². The quantitative estimate of drug-likeness (QED) is 0.281. The summed E-state index contributed by atoms with van der Waals surface area (Å²) in [5.74, 6) is 0.335. The van der Waals surface area contributed by atoms with E-state index in [-0.39, 0.29) is 35.3 Å². The minimum atomic E-state index is -0.869. The maximum Gasteiger partial charge on any atom is 0.319 e. The summed E-state index contributed by atoms with van der Waals surface area (Å²) in [4.78, 5) is 18.9.